The quantitative estimate of drug-likeness (QED) is 0.230. The van der Waals surface area contributed by atoms with E-state index in [0.29, 0.717) is 13.2 Å². The first kappa shape index (κ1) is 31.3. The second kappa shape index (κ2) is 13.0. The molecule has 0 bridgehead atoms. The molecule has 0 saturated heterocycles. The number of benzene rings is 2. The number of aromatic nitrogens is 2. The van der Waals surface area contributed by atoms with Gasteiger partial charge in [-0.1, -0.05) is 102 Å². The lowest BCUT2D eigenvalue weighted by Crippen LogP contribution is -2.52. The van der Waals surface area contributed by atoms with Gasteiger partial charge in [0.1, 0.15) is 5.82 Å². The summed E-state index contributed by atoms with van der Waals surface area (Å²) in [4.78, 5) is 5.21. The van der Waals surface area contributed by atoms with Gasteiger partial charge < -0.3 is 24.6 Å². The molecule has 2 atom stereocenters. The van der Waals surface area contributed by atoms with E-state index >= 15 is 0 Å². The van der Waals surface area contributed by atoms with Crippen molar-refractivity contribution >= 4 is 15.4 Å². The zero-order valence-corrected chi connectivity index (χ0v) is 26.5. The van der Waals surface area contributed by atoms with Gasteiger partial charge in [0.2, 0.25) is 0 Å². The molecule has 8 heteroatoms. The number of nitrogens with one attached hydrogen (secondary N) is 2. The maximum absolute atomic E-state index is 10.2. The molecule has 3 aromatic rings. The van der Waals surface area contributed by atoms with E-state index in [4.69, 9.17) is 9.41 Å². The first-order chi connectivity index (χ1) is 18.2. The summed E-state index contributed by atoms with van der Waals surface area (Å²) < 4.78 is 8.83. The zero-order chi connectivity index (χ0) is 28.8. The molecule has 0 saturated carbocycles. The van der Waals surface area contributed by atoms with E-state index in [2.05, 4.69) is 131 Å². The predicted octanol–water partition coefficient (Wildman–Crippen LogP) is 6.37. The lowest BCUT2D eigenvalue weighted by molar-refractivity contribution is 0.217. The van der Waals surface area contributed by atoms with Crippen molar-refractivity contribution in [3.8, 4) is 11.3 Å². The van der Waals surface area contributed by atoms with Crippen LogP contribution in [0.4, 0.5) is 0 Å². The summed E-state index contributed by atoms with van der Waals surface area (Å²) in [6.07, 6.45) is 2.17. The fourth-order valence-corrected chi connectivity index (χ4v) is 5.44. The third-order valence-corrected chi connectivity index (χ3v) is 12.2. The van der Waals surface area contributed by atoms with E-state index in [0.717, 1.165) is 23.6 Å². The van der Waals surface area contributed by atoms with Crippen molar-refractivity contribution in [2.24, 2.45) is 5.41 Å². The highest BCUT2D eigenvalue weighted by atomic mass is 28.4. The van der Waals surface area contributed by atoms with Gasteiger partial charge in [-0.2, -0.15) is 0 Å². The second-order valence-corrected chi connectivity index (χ2v) is 18.1. The average Bonchev–Trinajstić information content (AvgIpc) is 3.25. The third-order valence-electron chi connectivity index (χ3n) is 7.69. The standard InChI is InChI=1S/C31H49BN4O2Si/c1-30(2,3)28(33-20-26(35-32(7)37)23-38-39(8,9)31(4,5)6)29-34-27(25-18-14-11-15-19-25)22-36(29)21-24-16-12-10-13-17-24/h10-19,22,26,28,33,35,37H,20-21,23H2,1-9H3/t26-,28-/m0/s1. The van der Waals surface area contributed by atoms with Gasteiger partial charge >= 0.3 is 7.05 Å². The van der Waals surface area contributed by atoms with Gasteiger partial charge in [-0.25, -0.2) is 4.98 Å². The number of rotatable bonds is 12. The van der Waals surface area contributed by atoms with Crippen LogP contribution in [-0.4, -0.2) is 49.1 Å². The Morgan fingerprint density at radius 2 is 1.56 bits per heavy atom. The van der Waals surface area contributed by atoms with Gasteiger partial charge in [-0.05, 0) is 35.9 Å². The topological polar surface area (TPSA) is 71.3 Å². The van der Waals surface area contributed by atoms with Crippen molar-refractivity contribution in [3.05, 3.63) is 78.2 Å². The van der Waals surface area contributed by atoms with Crippen molar-refractivity contribution in [2.75, 3.05) is 13.2 Å². The minimum Gasteiger partial charge on any atom is -0.437 e. The minimum atomic E-state index is -1.93. The Labute approximate surface area is 237 Å². The van der Waals surface area contributed by atoms with E-state index in [1.165, 1.54) is 5.56 Å². The van der Waals surface area contributed by atoms with Gasteiger partial charge in [0.05, 0.1) is 11.7 Å². The van der Waals surface area contributed by atoms with Crippen molar-refractivity contribution in [3.63, 3.8) is 0 Å². The monoisotopic (exact) mass is 548 g/mol. The van der Waals surface area contributed by atoms with Crippen LogP contribution in [0.25, 0.3) is 11.3 Å². The van der Waals surface area contributed by atoms with Crippen molar-refractivity contribution in [1.29, 1.82) is 0 Å². The smallest absolute Gasteiger partial charge is 0.373 e. The maximum Gasteiger partial charge on any atom is 0.373 e. The van der Waals surface area contributed by atoms with Crippen LogP contribution >= 0.6 is 0 Å². The van der Waals surface area contributed by atoms with Crippen LogP contribution in [-0.2, 0) is 11.0 Å². The van der Waals surface area contributed by atoms with Crippen LogP contribution in [0.15, 0.2) is 66.9 Å². The summed E-state index contributed by atoms with van der Waals surface area (Å²) in [6.45, 7) is 21.7. The molecule has 39 heavy (non-hydrogen) atoms. The molecule has 3 N–H and O–H groups in total. The number of hydrogen-bond donors (Lipinski definition) is 3. The fourth-order valence-electron chi connectivity index (χ4n) is 4.39. The molecule has 0 spiro atoms. The zero-order valence-electron chi connectivity index (χ0n) is 25.5. The Hall–Kier alpha value is -2.23. The molecule has 3 rings (SSSR count). The van der Waals surface area contributed by atoms with Crippen LogP contribution in [0, 0.1) is 5.41 Å². The van der Waals surface area contributed by atoms with Gasteiger partial charge in [0, 0.05) is 37.5 Å². The summed E-state index contributed by atoms with van der Waals surface area (Å²) in [7, 11) is -2.55. The normalized spacial score (nSPS) is 14.3. The molecule has 0 radical (unpaired) electrons. The van der Waals surface area contributed by atoms with Gasteiger partial charge in [0.25, 0.3) is 0 Å². The van der Waals surface area contributed by atoms with Gasteiger partial charge in [-0.3, -0.25) is 0 Å². The first-order valence-electron chi connectivity index (χ1n) is 14.2. The number of imidazole rings is 1. The molecule has 0 amide bonds. The number of nitrogens with zero attached hydrogens (tertiary/aromatic N) is 2. The first-order valence-corrected chi connectivity index (χ1v) is 17.1. The summed E-state index contributed by atoms with van der Waals surface area (Å²) >= 11 is 0. The molecule has 0 aliphatic rings. The molecule has 2 aromatic carbocycles. The van der Waals surface area contributed by atoms with Gasteiger partial charge in [0.15, 0.2) is 8.32 Å². The summed E-state index contributed by atoms with van der Waals surface area (Å²) in [6, 6.07) is 20.8. The fraction of sp³-hybridized carbons (Fsp3) is 0.516. The van der Waals surface area contributed by atoms with Crippen LogP contribution in [0.5, 0.6) is 0 Å². The molecule has 1 heterocycles. The molecule has 212 valence electrons. The molecular formula is C31H49BN4O2Si. The molecule has 0 aliphatic carbocycles. The lowest BCUT2D eigenvalue weighted by Gasteiger charge is -2.38. The molecular weight excluding hydrogens is 499 g/mol. The summed E-state index contributed by atoms with van der Waals surface area (Å²) in [5.74, 6) is 1.01. The van der Waals surface area contributed by atoms with Gasteiger partial charge in [-0.15, -0.1) is 0 Å². The van der Waals surface area contributed by atoms with E-state index in [9.17, 15) is 5.02 Å². The van der Waals surface area contributed by atoms with Crippen molar-refractivity contribution < 1.29 is 9.45 Å². The SMILES string of the molecule is CB(O)N[C@@H](CN[C@@H](c1nc(-c2ccccc2)cn1Cc1ccccc1)C(C)(C)C)CO[Si](C)(C)C(C)(C)C. The minimum absolute atomic E-state index is 0.0233. The summed E-state index contributed by atoms with van der Waals surface area (Å²) in [5, 5.41) is 17.5. The van der Waals surface area contributed by atoms with E-state index in [1.807, 2.05) is 6.07 Å². The van der Waals surface area contributed by atoms with E-state index in [1.54, 1.807) is 6.82 Å². The number of hydrogen-bond acceptors (Lipinski definition) is 5. The van der Waals surface area contributed by atoms with Crippen LogP contribution in [0.3, 0.4) is 0 Å². The van der Waals surface area contributed by atoms with E-state index < -0.39 is 15.4 Å². The Balaban J connectivity index is 1.91. The molecule has 0 fully saturated rings. The highest BCUT2D eigenvalue weighted by molar-refractivity contribution is 6.74. The van der Waals surface area contributed by atoms with E-state index in [-0.39, 0.29) is 22.5 Å². The predicted molar refractivity (Wildman–Crippen MR) is 167 cm³/mol. The maximum atomic E-state index is 10.2. The molecule has 0 aliphatic heterocycles. The van der Waals surface area contributed by atoms with Crippen LogP contribution in [0.1, 0.15) is 59.0 Å². The molecule has 1 aromatic heterocycles. The van der Waals surface area contributed by atoms with Crippen LogP contribution < -0.4 is 10.5 Å². The van der Waals surface area contributed by atoms with Crippen molar-refractivity contribution in [2.45, 2.75) is 85.1 Å². The highest BCUT2D eigenvalue weighted by Crippen LogP contribution is 2.37. The summed E-state index contributed by atoms with van der Waals surface area (Å²) in [5.41, 5.74) is 3.20. The Morgan fingerprint density at radius 1 is 0.974 bits per heavy atom. The lowest BCUT2D eigenvalue weighted by atomic mass is 9.85. The van der Waals surface area contributed by atoms with Crippen LogP contribution in [0.2, 0.25) is 25.0 Å². The van der Waals surface area contributed by atoms with Crippen molar-refractivity contribution in [1.82, 2.24) is 20.1 Å². The second-order valence-electron chi connectivity index (χ2n) is 13.3. The third kappa shape index (κ3) is 8.88. The molecule has 0 unspecified atom stereocenters. The Kier molecular flexibility index (Phi) is 10.4. The Bertz CT molecular complexity index is 1150. The Morgan fingerprint density at radius 3 is 2.10 bits per heavy atom. The molecule has 6 nitrogen and oxygen atoms in total. The largest absolute Gasteiger partial charge is 0.437 e. The highest BCUT2D eigenvalue weighted by Gasteiger charge is 2.38. The average molecular weight is 549 g/mol.